The summed E-state index contributed by atoms with van der Waals surface area (Å²) in [6.45, 7) is 0.862. The highest BCUT2D eigenvalue weighted by Crippen LogP contribution is 2.29. The van der Waals surface area contributed by atoms with Crippen LogP contribution in [0.5, 0.6) is 5.75 Å². The molecule has 1 aliphatic rings. The van der Waals surface area contributed by atoms with E-state index in [0.29, 0.717) is 5.82 Å². The molecule has 0 fully saturated rings. The van der Waals surface area contributed by atoms with Crippen LogP contribution in [0.3, 0.4) is 0 Å². The van der Waals surface area contributed by atoms with Gasteiger partial charge in [0.1, 0.15) is 11.6 Å². The third-order valence-electron chi connectivity index (χ3n) is 3.54. The van der Waals surface area contributed by atoms with Crippen molar-refractivity contribution in [3.8, 4) is 17.0 Å². The number of hydrogen-bond acceptors (Lipinski definition) is 4. The molecule has 0 bridgehead atoms. The van der Waals surface area contributed by atoms with Crippen molar-refractivity contribution in [2.24, 2.45) is 0 Å². The third kappa shape index (κ3) is 2.39. The van der Waals surface area contributed by atoms with Crippen LogP contribution in [-0.2, 0) is 6.42 Å². The quantitative estimate of drug-likeness (QED) is 0.878. The number of rotatable bonds is 2. The van der Waals surface area contributed by atoms with Crippen LogP contribution in [0.4, 0.5) is 5.82 Å². The molecule has 3 rings (SSSR count). The van der Waals surface area contributed by atoms with E-state index in [1.54, 1.807) is 7.11 Å². The molecule has 2 heterocycles. The Hall–Kier alpha value is -2.30. The molecule has 5 heteroatoms. The van der Waals surface area contributed by atoms with E-state index in [4.69, 9.17) is 4.74 Å². The van der Waals surface area contributed by atoms with Gasteiger partial charge in [-0.25, -0.2) is 4.79 Å². The Morgan fingerprint density at radius 3 is 3.05 bits per heavy atom. The maximum Gasteiger partial charge on any atom is 0.347 e. The number of anilines is 1. The maximum atomic E-state index is 11.8. The lowest BCUT2D eigenvalue weighted by atomic mass is 10.0. The van der Waals surface area contributed by atoms with E-state index >= 15 is 0 Å². The number of aromatic amines is 1. The largest absolute Gasteiger partial charge is 0.497 e. The molecule has 0 saturated carbocycles. The Kier molecular flexibility index (Phi) is 3.41. The second-order valence-corrected chi connectivity index (χ2v) is 4.86. The van der Waals surface area contributed by atoms with E-state index in [-0.39, 0.29) is 5.69 Å². The van der Waals surface area contributed by atoms with Crippen molar-refractivity contribution in [3.63, 3.8) is 0 Å². The fourth-order valence-corrected chi connectivity index (χ4v) is 2.55. The topological polar surface area (TPSA) is 67.0 Å². The molecular formula is C15H17N3O2. The number of ether oxygens (including phenoxy) is 1. The average molecular weight is 271 g/mol. The smallest absolute Gasteiger partial charge is 0.347 e. The summed E-state index contributed by atoms with van der Waals surface area (Å²) in [7, 11) is 1.64. The van der Waals surface area contributed by atoms with Crippen LogP contribution in [0, 0.1) is 0 Å². The highest BCUT2D eigenvalue weighted by Gasteiger charge is 2.16. The standard InChI is InChI=1S/C15H17N3O2/c1-20-11-6-4-5-10(9-11)13-12-7-2-3-8-16-14(12)18-15(19)17-13/h4-6,9H,2-3,7-8H2,1H3,(H2,16,17,18,19). The molecule has 1 aromatic heterocycles. The molecule has 0 amide bonds. The zero-order valence-corrected chi connectivity index (χ0v) is 11.4. The van der Waals surface area contributed by atoms with Crippen LogP contribution >= 0.6 is 0 Å². The van der Waals surface area contributed by atoms with E-state index < -0.39 is 0 Å². The second kappa shape index (κ2) is 5.36. The Labute approximate surface area is 117 Å². The first kappa shape index (κ1) is 12.7. The van der Waals surface area contributed by atoms with Crippen molar-refractivity contribution in [2.75, 3.05) is 19.0 Å². The molecule has 5 nitrogen and oxygen atoms in total. The van der Waals surface area contributed by atoms with Gasteiger partial charge in [-0.05, 0) is 31.4 Å². The summed E-state index contributed by atoms with van der Waals surface area (Å²) in [6.07, 6.45) is 3.09. The molecule has 0 radical (unpaired) electrons. The van der Waals surface area contributed by atoms with Gasteiger partial charge >= 0.3 is 5.69 Å². The first-order valence-corrected chi connectivity index (χ1v) is 6.79. The number of nitrogens with one attached hydrogen (secondary N) is 2. The molecule has 2 N–H and O–H groups in total. The van der Waals surface area contributed by atoms with Gasteiger partial charge in [0.05, 0.1) is 12.8 Å². The average Bonchev–Trinajstić information content (AvgIpc) is 2.71. The first-order valence-electron chi connectivity index (χ1n) is 6.79. The molecule has 0 aliphatic carbocycles. The van der Waals surface area contributed by atoms with Crippen molar-refractivity contribution in [1.29, 1.82) is 0 Å². The lowest BCUT2D eigenvalue weighted by Gasteiger charge is -2.12. The van der Waals surface area contributed by atoms with E-state index in [2.05, 4.69) is 15.3 Å². The van der Waals surface area contributed by atoms with Crippen molar-refractivity contribution in [2.45, 2.75) is 19.3 Å². The number of H-pyrrole nitrogens is 1. The van der Waals surface area contributed by atoms with Crippen molar-refractivity contribution < 1.29 is 4.74 Å². The number of hydrogen-bond donors (Lipinski definition) is 2. The minimum atomic E-state index is -0.323. The minimum absolute atomic E-state index is 0.323. The molecule has 1 aromatic carbocycles. The summed E-state index contributed by atoms with van der Waals surface area (Å²) < 4.78 is 5.25. The zero-order valence-electron chi connectivity index (χ0n) is 11.4. The van der Waals surface area contributed by atoms with Gasteiger partial charge < -0.3 is 15.0 Å². The van der Waals surface area contributed by atoms with Crippen LogP contribution in [0.2, 0.25) is 0 Å². The Balaban J connectivity index is 2.17. The molecule has 2 aromatic rings. The van der Waals surface area contributed by atoms with Gasteiger partial charge in [-0.2, -0.15) is 4.98 Å². The van der Waals surface area contributed by atoms with Gasteiger partial charge in [0.15, 0.2) is 0 Å². The van der Waals surface area contributed by atoms with Gasteiger partial charge in [-0.1, -0.05) is 12.1 Å². The molecule has 0 atom stereocenters. The highest BCUT2D eigenvalue weighted by atomic mass is 16.5. The normalized spacial score (nSPS) is 14.1. The van der Waals surface area contributed by atoms with Crippen LogP contribution in [0.25, 0.3) is 11.3 Å². The number of methoxy groups -OCH3 is 1. The van der Waals surface area contributed by atoms with E-state index in [9.17, 15) is 4.79 Å². The van der Waals surface area contributed by atoms with Gasteiger partial charge in [0.25, 0.3) is 0 Å². The maximum absolute atomic E-state index is 11.8. The molecule has 20 heavy (non-hydrogen) atoms. The van der Waals surface area contributed by atoms with Crippen LogP contribution in [0.15, 0.2) is 29.1 Å². The highest BCUT2D eigenvalue weighted by molar-refractivity contribution is 5.69. The number of aromatic nitrogens is 2. The molecular weight excluding hydrogens is 254 g/mol. The van der Waals surface area contributed by atoms with E-state index in [0.717, 1.165) is 48.4 Å². The molecule has 1 aliphatic heterocycles. The van der Waals surface area contributed by atoms with E-state index in [1.807, 2.05) is 24.3 Å². The third-order valence-corrected chi connectivity index (χ3v) is 3.54. The molecule has 0 spiro atoms. The number of benzene rings is 1. The van der Waals surface area contributed by atoms with Crippen LogP contribution in [0.1, 0.15) is 18.4 Å². The SMILES string of the molecule is COc1cccc(-c2[nH]c(=O)nc3c2CCCCN3)c1. The predicted octanol–water partition coefficient (Wildman–Crippen LogP) is 2.19. The number of nitrogens with zero attached hydrogens (tertiary/aromatic N) is 1. The number of fused-ring (bicyclic) bond motifs is 1. The van der Waals surface area contributed by atoms with Gasteiger partial charge in [0.2, 0.25) is 0 Å². The van der Waals surface area contributed by atoms with E-state index in [1.165, 1.54) is 0 Å². The molecule has 0 saturated heterocycles. The molecule has 104 valence electrons. The van der Waals surface area contributed by atoms with Gasteiger partial charge in [-0.15, -0.1) is 0 Å². The van der Waals surface area contributed by atoms with Crippen molar-refractivity contribution in [3.05, 3.63) is 40.3 Å². The van der Waals surface area contributed by atoms with Gasteiger partial charge in [0, 0.05) is 17.7 Å². The van der Waals surface area contributed by atoms with Crippen LogP contribution < -0.4 is 15.7 Å². The zero-order chi connectivity index (χ0) is 13.9. The van der Waals surface area contributed by atoms with Gasteiger partial charge in [-0.3, -0.25) is 0 Å². The fraction of sp³-hybridized carbons (Fsp3) is 0.333. The summed E-state index contributed by atoms with van der Waals surface area (Å²) >= 11 is 0. The van der Waals surface area contributed by atoms with Crippen molar-refractivity contribution in [1.82, 2.24) is 9.97 Å². The van der Waals surface area contributed by atoms with Crippen LogP contribution in [-0.4, -0.2) is 23.6 Å². The fourth-order valence-electron chi connectivity index (χ4n) is 2.55. The Bertz CT molecular complexity index is 679. The first-order chi connectivity index (χ1) is 9.78. The summed E-state index contributed by atoms with van der Waals surface area (Å²) in [5.74, 6) is 1.49. The minimum Gasteiger partial charge on any atom is -0.497 e. The monoisotopic (exact) mass is 271 g/mol. The van der Waals surface area contributed by atoms with Crippen molar-refractivity contribution >= 4 is 5.82 Å². The summed E-state index contributed by atoms with van der Waals surface area (Å²) in [5, 5.41) is 3.24. The summed E-state index contributed by atoms with van der Waals surface area (Å²) in [6, 6.07) is 7.71. The summed E-state index contributed by atoms with van der Waals surface area (Å²) in [4.78, 5) is 18.7. The Morgan fingerprint density at radius 1 is 1.30 bits per heavy atom. The Morgan fingerprint density at radius 2 is 2.20 bits per heavy atom. The summed E-state index contributed by atoms with van der Waals surface area (Å²) in [5.41, 5.74) is 2.54. The molecule has 0 unspecified atom stereocenters. The predicted molar refractivity (Wildman–Crippen MR) is 78.3 cm³/mol. The lowest BCUT2D eigenvalue weighted by molar-refractivity contribution is 0.415. The lowest BCUT2D eigenvalue weighted by Crippen LogP contribution is -2.17. The second-order valence-electron chi connectivity index (χ2n) is 4.86.